The molecule has 0 fully saturated rings. The molecule has 1 N–H and O–H groups in total. The summed E-state index contributed by atoms with van der Waals surface area (Å²) in [7, 11) is 1.63. The molecule has 0 aliphatic heterocycles. The van der Waals surface area contributed by atoms with Crippen molar-refractivity contribution in [3.8, 4) is 11.3 Å². The average Bonchev–Trinajstić information content (AvgIpc) is 2.62. The van der Waals surface area contributed by atoms with Gasteiger partial charge in [0.15, 0.2) is 11.6 Å². The molecule has 6 heteroatoms. The van der Waals surface area contributed by atoms with Crippen LogP contribution in [0, 0.1) is 11.6 Å². The Balaban J connectivity index is 2.49. The summed E-state index contributed by atoms with van der Waals surface area (Å²) >= 11 is 0. The lowest BCUT2D eigenvalue weighted by Gasteiger charge is -2.01. The van der Waals surface area contributed by atoms with Crippen molar-refractivity contribution < 1.29 is 18.7 Å². The second kappa shape index (κ2) is 4.56. The monoisotopic (exact) mass is 252 g/mol. The van der Waals surface area contributed by atoms with E-state index in [-0.39, 0.29) is 6.42 Å². The lowest BCUT2D eigenvalue weighted by atomic mass is 10.1. The van der Waals surface area contributed by atoms with Crippen molar-refractivity contribution in [3.63, 3.8) is 0 Å². The molecule has 0 radical (unpaired) electrons. The number of carbonyl (C=O) groups is 1. The van der Waals surface area contributed by atoms with Crippen molar-refractivity contribution in [2.24, 2.45) is 7.05 Å². The van der Waals surface area contributed by atoms with Crippen LogP contribution in [-0.2, 0) is 18.3 Å². The van der Waals surface area contributed by atoms with Crippen LogP contribution in [0.4, 0.5) is 8.78 Å². The van der Waals surface area contributed by atoms with Crippen LogP contribution >= 0.6 is 0 Å². The van der Waals surface area contributed by atoms with E-state index in [0.29, 0.717) is 16.8 Å². The fraction of sp³-hybridized carbons (Fsp3) is 0.167. The Labute approximate surface area is 101 Å². The number of rotatable bonds is 3. The maximum Gasteiger partial charge on any atom is 0.307 e. The first-order chi connectivity index (χ1) is 8.47. The molecule has 94 valence electrons. The highest BCUT2D eigenvalue weighted by Gasteiger charge is 2.14. The molecule has 0 aliphatic rings. The Bertz CT molecular complexity index is 608. The number of aromatic nitrogens is 2. The molecular weight excluding hydrogens is 242 g/mol. The van der Waals surface area contributed by atoms with Crippen molar-refractivity contribution in [3.05, 3.63) is 41.6 Å². The first-order valence-electron chi connectivity index (χ1n) is 5.17. The Hall–Kier alpha value is -2.24. The molecule has 0 amide bonds. The van der Waals surface area contributed by atoms with E-state index < -0.39 is 17.6 Å². The number of carboxylic acids is 1. The van der Waals surface area contributed by atoms with E-state index in [1.54, 1.807) is 13.2 Å². The number of halogens is 2. The van der Waals surface area contributed by atoms with E-state index in [9.17, 15) is 13.6 Å². The maximum atomic E-state index is 13.1. The number of benzene rings is 1. The van der Waals surface area contributed by atoms with Gasteiger partial charge >= 0.3 is 5.97 Å². The molecule has 0 saturated carbocycles. The minimum Gasteiger partial charge on any atom is -0.481 e. The van der Waals surface area contributed by atoms with Crippen molar-refractivity contribution in [2.75, 3.05) is 0 Å². The number of hydrogen-bond acceptors (Lipinski definition) is 2. The largest absolute Gasteiger partial charge is 0.481 e. The third kappa shape index (κ3) is 2.37. The third-order valence-electron chi connectivity index (χ3n) is 2.44. The van der Waals surface area contributed by atoms with Gasteiger partial charge in [-0.3, -0.25) is 9.48 Å². The van der Waals surface area contributed by atoms with Gasteiger partial charge in [-0.1, -0.05) is 0 Å². The summed E-state index contributed by atoms with van der Waals surface area (Å²) < 4.78 is 27.4. The molecule has 0 bridgehead atoms. The van der Waals surface area contributed by atoms with Crippen molar-refractivity contribution in [2.45, 2.75) is 6.42 Å². The summed E-state index contributed by atoms with van der Waals surface area (Å²) in [6, 6.07) is 3.36. The zero-order chi connectivity index (χ0) is 13.3. The fourth-order valence-electron chi connectivity index (χ4n) is 1.72. The standard InChI is InChI=1S/C12H10F2N2O2/c1-16-6-8(5-11(17)18)12(15-16)7-2-3-9(13)10(14)4-7/h2-4,6H,5H2,1H3,(H,17,18). The van der Waals surface area contributed by atoms with E-state index >= 15 is 0 Å². The Kier molecular flexibility index (Phi) is 3.10. The number of carboxylic acid groups (broad SMARTS) is 1. The van der Waals surface area contributed by atoms with Gasteiger partial charge in [-0.2, -0.15) is 5.10 Å². The van der Waals surface area contributed by atoms with E-state index in [1.807, 2.05) is 0 Å². The zero-order valence-corrected chi connectivity index (χ0v) is 9.52. The SMILES string of the molecule is Cn1cc(CC(=O)O)c(-c2ccc(F)c(F)c2)n1. The average molecular weight is 252 g/mol. The number of nitrogens with zero attached hydrogens (tertiary/aromatic N) is 2. The first-order valence-corrected chi connectivity index (χ1v) is 5.17. The van der Waals surface area contributed by atoms with Gasteiger partial charge < -0.3 is 5.11 Å². The molecule has 0 atom stereocenters. The predicted octanol–water partition coefficient (Wildman–Crippen LogP) is 1.99. The highest BCUT2D eigenvalue weighted by atomic mass is 19.2. The lowest BCUT2D eigenvalue weighted by Crippen LogP contribution is -2.00. The summed E-state index contributed by atoms with van der Waals surface area (Å²) in [5, 5.41) is 12.8. The summed E-state index contributed by atoms with van der Waals surface area (Å²) in [5.74, 6) is -2.94. The summed E-state index contributed by atoms with van der Waals surface area (Å²) in [6.45, 7) is 0. The molecule has 0 aliphatic carbocycles. The predicted molar refractivity (Wildman–Crippen MR) is 59.9 cm³/mol. The Morgan fingerprint density at radius 2 is 2.11 bits per heavy atom. The summed E-state index contributed by atoms with van der Waals surface area (Å²) in [5.41, 5.74) is 1.15. The molecule has 0 saturated heterocycles. The molecule has 4 nitrogen and oxygen atoms in total. The van der Waals surface area contributed by atoms with Crippen LogP contribution in [0.1, 0.15) is 5.56 Å². The molecule has 1 aromatic heterocycles. The highest BCUT2D eigenvalue weighted by molar-refractivity contribution is 5.74. The van der Waals surface area contributed by atoms with Gasteiger partial charge in [0, 0.05) is 24.4 Å². The lowest BCUT2D eigenvalue weighted by molar-refractivity contribution is -0.136. The van der Waals surface area contributed by atoms with Crippen LogP contribution in [0.25, 0.3) is 11.3 Å². The van der Waals surface area contributed by atoms with Crippen LogP contribution in [0.3, 0.4) is 0 Å². The van der Waals surface area contributed by atoms with Gasteiger partial charge in [0.2, 0.25) is 0 Å². The Morgan fingerprint density at radius 3 is 2.72 bits per heavy atom. The number of aliphatic carboxylic acids is 1. The second-order valence-corrected chi connectivity index (χ2v) is 3.88. The summed E-state index contributed by atoms with van der Waals surface area (Å²) in [6.07, 6.45) is 1.33. The van der Waals surface area contributed by atoms with E-state index in [2.05, 4.69) is 5.10 Å². The van der Waals surface area contributed by atoms with E-state index in [1.165, 1.54) is 10.7 Å². The van der Waals surface area contributed by atoms with Gasteiger partial charge in [-0.15, -0.1) is 0 Å². The highest BCUT2D eigenvalue weighted by Crippen LogP contribution is 2.24. The smallest absolute Gasteiger partial charge is 0.307 e. The topological polar surface area (TPSA) is 55.1 Å². The minimum absolute atomic E-state index is 0.220. The van der Waals surface area contributed by atoms with E-state index in [4.69, 9.17) is 5.11 Å². The van der Waals surface area contributed by atoms with Crippen LogP contribution in [0.15, 0.2) is 24.4 Å². The number of aryl methyl sites for hydroxylation is 1. The van der Waals surface area contributed by atoms with Gasteiger partial charge in [-0.05, 0) is 18.2 Å². The molecular formula is C12H10F2N2O2. The zero-order valence-electron chi connectivity index (χ0n) is 9.52. The molecule has 1 aromatic carbocycles. The Morgan fingerprint density at radius 1 is 1.39 bits per heavy atom. The molecule has 2 aromatic rings. The van der Waals surface area contributed by atoms with Gasteiger partial charge in [0.05, 0.1) is 12.1 Å². The minimum atomic E-state index is -1.01. The maximum absolute atomic E-state index is 13.1. The van der Waals surface area contributed by atoms with Crippen molar-refractivity contribution in [1.29, 1.82) is 0 Å². The second-order valence-electron chi connectivity index (χ2n) is 3.88. The van der Waals surface area contributed by atoms with E-state index in [0.717, 1.165) is 12.1 Å². The van der Waals surface area contributed by atoms with Crippen LogP contribution in [0.2, 0.25) is 0 Å². The first kappa shape index (κ1) is 12.2. The van der Waals surface area contributed by atoms with Crippen molar-refractivity contribution in [1.82, 2.24) is 9.78 Å². The van der Waals surface area contributed by atoms with Crippen molar-refractivity contribution >= 4 is 5.97 Å². The fourth-order valence-corrected chi connectivity index (χ4v) is 1.72. The molecule has 0 spiro atoms. The van der Waals surface area contributed by atoms with Crippen LogP contribution in [-0.4, -0.2) is 20.9 Å². The van der Waals surface area contributed by atoms with Crippen LogP contribution in [0.5, 0.6) is 0 Å². The molecule has 2 rings (SSSR count). The molecule has 1 heterocycles. The summed E-state index contributed by atoms with van der Waals surface area (Å²) in [4.78, 5) is 10.7. The normalized spacial score (nSPS) is 10.6. The van der Waals surface area contributed by atoms with Gasteiger partial charge in [-0.25, -0.2) is 8.78 Å². The third-order valence-corrected chi connectivity index (χ3v) is 2.44. The molecule has 18 heavy (non-hydrogen) atoms. The number of hydrogen-bond donors (Lipinski definition) is 1. The van der Waals surface area contributed by atoms with Gasteiger partial charge in [0.25, 0.3) is 0 Å². The van der Waals surface area contributed by atoms with Crippen LogP contribution < -0.4 is 0 Å². The van der Waals surface area contributed by atoms with Gasteiger partial charge in [0.1, 0.15) is 0 Å². The molecule has 0 unspecified atom stereocenters. The quantitative estimate of drug-likeness (QED) is 0.908.